The molecule has 9 heteroatoms. The zero-order chi connectivity index (χ0) is 27.0. The van der Waals surface area contributed by atoms with Gasteiger partial charge in [-0.3, -0.25) is 4.79 Å². The molecule has 2 aliphatic rings. The Bertz CT molecular complexity index is 1360. The van der Waals surface area contributed by atoms with E-state index in [-0.39, 0.29) is 6.04 Å². The lowest BCUT2D eigenvalue weighted by atomic mass is 10.0. The van der Waals surface area contributed by atoms with Gasteiger partial charge in [0.1, 0.15) is 0 Å². The Balaban J connectivity index is 1.47. The Morgan fingerprint density at radius 2 is 1.82 bits per heavy atom. The molecule has 1 amide bonds. The zero-order valence-corrected chi connectivity index (χ0v) is 22.8. The summed E-state index contributed by atoms with van der Waals surface area (Å²) < 4.78 is 17.0. The third-order valence-corrected chi connectivity index (χ3v) is 7.70. The maximum Gasteiger partial charge on any atom is 0.281 e. The number of likely N-dealkylation sites (tertiary alicyclic amines) is 1. The standard InChI is InChI=1S/C29H37N5O4/c1-6-21-22-15-19(7-9-23(22)31-26(21)18-8-10-24(36-4)25(16-18)37-5)28-32-34(29(38-28)27(30)35)20-11-13-33(14-12-20)17(2)3/h7-10,15-17,20,29,31H,6,11-14H2,1-5H3,(H2,30,35). The third kappa shape index (κ3) is 4.67. The van der Waals surface area contributed by atoms with Crippen LogP contribution in [-0.4, -0.2) is 72.3 Å². The first kappa shape index (κ1) is 25.9. The van der Waals surface area contributed by atoms with Gasteiger partial charge in [0, 0.05) is 46.9 Å². The first-order valence-electron chi connectivity index (χ1n) is 13.3. The first-order chi connectivity index (χ1) is 18.3. The molecule has 0 radical (unpaired) electrons. The Labute approximate surface area is 223 Å². The van der Waals surface area contributed by atoms with Crippen molar-refractivity contribution >= 4 is 22.7 Å². The smallest absolute Gasteiger partial charge is 0.281 e. The molecule has 202 valence electrons. The second-order valence-electron chi connectivity index (χ2n) is 10.2. The number of primary amides is 1. The van der Waals surface area contributed by atoms with Crippen molar-refractivity contribution in [2.24, 2.45) is 10.8 Å². The van der Waals surface area contributed by atoms with Crippen molar-refractivity contribution in [1.82, 2.24) is 14.9 Å². The van der Waals surface area contributed by atoms with Crippen LogP contribution in [0.5, 0.6) is 11.5 Å². The third-order valence-electron chi connectivity index (χ3n) is 7.70. The molecule has 2 aliphatic heterocycles. The minimum Gasteiger partial charge on any atom is -0.493 e. The number of fused-ring (bicyclic) bond motifs is 1. The topological polar surface area (TPSA) is 105 Å². The number of nitrogens with zero attached hydrogens (tertiary/aromatic N) is 3. The van der Waals surface area contributed by atoms with Crippen LogP contribution >= 0.6 is 0 Å². The number of methoxy groups -OCH3 is 2. The second kappa shape index (κ2) is 10.6. The van der Waals surface area contributed by atoms with Crippen LogP contribution in [0.3, 0.4) is 0 Å². The molecule has 38 heavy (non-hydrogen) atoms. The van der Waals surface area contributed by atoms with E-state index < -0.39 is 12.1 Å². The van der Waals surface area contributed by atoms with Crippen molar-refractivity contribution in [3.8, 4) is 22.8 Å². The Morgan fingerprint density at radius 1 is 1.11 bits per heavy atom. The average molecular weight is 520 g/mol. The summed E-state index contributed by atoms with van der Waals surface area (Å²) in [5, 5.41) is 7.66. The summed E-state index contributed by atoms with van der Waals surface area (Å²) >= 11 is 0. The lowest BCUT2D eigenvalue weighted by Gasteiger charge is -2.38. The predicted octanol–water partition coefficient (Wildman–Crippen LogP) is 4.09. The Morgan fingerprint density at radius 3 is 2.45 bits per heavy atom. The molecule has 9 nitrogen and oxygen atoms in total. The molecule has 5 rings (SSSR count). The summed E-state index contributed by atoms with van der Waals surface area (Å²) in [6, 6.07) is 12.6. The van der Waals surface area contributed by atoms with Crippen LogP contribution in [0, 0.1) is 0 Å². The molecule has 3 heterocycles. The maximum absolute atomic E-state index is 12.3. The number of rotatable bonds is 8. The fraction of sp³-hybridized carbons (Fsp3) is 0.448. The fourth-order valence-corrected chi connectivity index (χ4v) is 5.58. The first-order valence-corrected chi connectivity index (χ1v) is 13.3. The molecule has 2 aromatic carbocycles. The van der Waals surface area contributed by atoms with Gasteiger partial charge in [0.25, 0.3) is 12.1 Å². The van der Waals surface area contributed by atoms with Gasteiger partial charge in [-0.1, -0.05) is 6.92 Å². The molecule has 1 aromatic heterocycles. The van der Waals surface area contributed by atoms with Crippen LogP contribution in [0.15, 0.2) is 41.5 Å². The van der Waals surface area contributed by atoms with E-state index in [0.717, 1.165) is 60.1 Å². The van der Waals surface area contributed by atoms with E-state index in [4.69, 9.17) is 25.0 Å². The average Bonchev–Trinajstić information content (AvgIpc) is 3.54. The number of hydrogen-bond donors (Lipinski definition) is 2. The SMILES string of the molecule is CCc1c(-c2ccc(OC)c(OC)c2)[nH]c2ccc(C3=NN(C4CCN(C(C)C)CC4)C(C(N)=O)O3)cc12. The van der Waals surface area contributed by atoms with Crippen molar-refractivity contribution in [2.75, 3.05) is 27.3 Å². The van der Waals surface area contributed by atoms with Gasteiger partial charge in [-0.25, -0.2) is 5.01 Å². The summed E-state index contributed by atoms with van der Waals surface area (Å²) in [4.78, 5) is 18.3. The van der Waals surface area contributed by atoms with Crippen molar-refractivity contribution in [2.45, 2.75) is 58.3 Å². The van der Waals surface area contributed by atoms with Gasteiger partial charge < -0.3 is 29.8 Å². The van der Waals surface area contributed by atoms with E-state index >= 15 is 0 Å². The normalized spacial score (nSPS) is 18.6. The van der Waals surface area contributed by atoms with Gasteiger partial charge in [0.2, 0.25) is 5.90 Å². The number of hydrazone groups is 1. The van der Waals surface area contributed by atoms with E-state index in [1.54, 1.807) is 19.2 Å². The van der Waals surface area contributed by atoms with Gasteiger partial charge in [-0.15, -0.1) is 5.10 Å². The number of hydrogen-bond acceptors (Lipinski definition) is 7. The number of aromatic nitrogens is 1. The number of H-pyrrole nitrogens is 1. The molecular formula is C29H37N5O4. The second-order valence-corrected chi connectivity index (χ2v) is 10.2. The highest BCUT2D eigenvalue weighted by molar-refractivity contribution is 6.02. The summed E-state index contributed by atoms with van der Waals surface area (Å²) in [7, 11) is 3.27. The lowest BCUT2D eigenvalue weighted by molar-refractivity contribution is -0.134. The van der Waals surface area contributed by atoms with Gasteiger partial charge in [0.15, 0.2) is 11.5 Å². The minimum atomic E-state index is -0.893. The molecule has 1 saturated heterocycles. The van der Waals surface area contributed by atoms with E-state index in [1.165, 1.54) is 5.56 Å². The highest BCUT2D eigenvalue weighted by atomic mass is 16.5. The number of nitrogens with one attached hydrogen (secondary N) is 1. The van der Waals surface area contributed by atoms with Crippen molar-refractivity contribution in [1.29, 1.82) is 0 Å². The number of nitrogens with two attached hydrogens (primary N) is 1. The lowest BCUT2D eigenvalue weighted by Crippen LogP contribution is -2.50. The summed E-state index contributed by atoms with van der Waals surface area (Å²) in [5.41, 5.74) is 10.8. The molecule has 0 spiro atoms. The molecule has 1 unspecified atom stereocenters. The van der Waals surface area contributed by atoms with Gasteiger partial charge in [-0.2, -0.15) is 0 Å². The van der Waals surface area contributed by atoms with Gasteiger partial charge >= 0.3 is 0 Å². The van der Waals surface area contributed by atoms with Crippen LogP contribution in [0.25, 0.3) is 22.2 Å². The van der Waals surface area contributed by atoms with E-state index in [2.05, 4.69) is 36.7 Å². The molecule has 0 saturated carbocycles. The van der Waals surface area contributed by atoms with Gasteiger partial charge in [-0.05, 0) is 75.1 Å². The summed E-state index contributed by atoms with van der Waals surface area (Å²) in [6.07, 6.45) is 1.75. The minimum absolute atomic E-state index is 0.110. The maximum atomic E-state index is 12.3. The predicted molar refractivity (Wildman–Crippen MR) is 148 cm³/mol. The molecule has 3 aromatic rings. The van der Waals surface area contributed by atoms with Gasteiger partial charge in [0.05, 0.1) is 20.3 Å². The quantitative estimate of drug-likeness (QED) is 0.464. The molecule has 0 aliphatic carbocycles. The number of carbonyl (C=O) groups excluding carboxylic acids is 1. The van der Waals surface area contributed by atoms with Crippen LogP contribution in [0.1, 0.15) is 44.7 Å². The Hall–Kier alpha value is -3.72. The van der Waals surface area contributed by atoms with Crippen LogP contribution in [-0.2, 0) is 16.0 Å². The fourth-order valence-electron chi connectivity index (χ4n) is 5.58. The number of carbonyl (C=O) groups is 1. The Kier molecular flexibility index (Phi) is 7.21. The van der Waals surface area contributed by atoms with E-state index in [9.17, 15) is 4.79 Å². The highest BCUT2D eigenvalue weighted by Gasteiger charge is 2.39. The zero-order valence-electron chi connectivity index (χ0n) is 22.8. The van der Waals surface area contributed by atoms with E-state index in [1.807, 2.05) is 30.3 Å². The number of piperidine rings is 1. The van der Waals surface area contributed by atoms with Crippen molar-refractivity contribution in [3.05, 3.63) is 47.5 Å². The van der Waals surface area contributed by atoms with Crippen LogP contribution < -0.4 is 15.2 Å². The van der Waals surface area contributed by atoms with Crippen LogP contribution in [0.2, 0.25) is 0 Å². The summed E-state index contributed by atoms with van der Waals surface area (Å²) in [5.74, 6) is 1.27. The molecule has 3 N–H and O–H groups in total. The molecule has 1 fully saturated rings. The number of amides is 1. The number of aryl methyl sites for hydroxylation is 1. The highest BCUT2D eigenvalue weighted by Crippen LogP contribution is 2.37. The number of ether oxygens (including phenoxy) is 3. The summed E-state index contributed by atoms with van der Waals surface area (Å²) in [6.45, 7) is 8.48. The molecular weight excluding hydrogens is 482 g/mol. The monoisotopic (exact) mass is 519 g/mol. The molecule has 1 atom stereocenters. The van der Waals surface area contributed by atoms with E-state index in [0.29, 0.717) is 23.4 Å². The largest absolute Gasteiger partial charge is 0.493 e. The number of benzene rings is 2. The van der Waals surface area contributed by atoms with Crippen molar-refractivity contribution in [3.63, 3.8) is 0 Å². The molecule has 0 bridgehead atoms. The van der Waals surface area contributed by atoms with Crippen molar-refractivity contribution < 1.29 is 19.0 Å². The number of aromatic amines is 1. The van der Waals surface area contributed by atoms with Crippen LogP contribution in [0.4, 0.5) is 0 Å².